The first-order valence-electron chi connectivity index (χ1n) is 5.42. The van der Waals surface area contributed by atoms with Crippen molar-refractivity contribution in [3.63, 3.8) is 0 Å². The normalized spacial score (nSPS) is 12.3. The topological polar surface area (TPSA) is 56.0 Å². The predicted molar refractivity (Wildman–Crippen MR) is 75.0 cm³/mol. The Labute approximate surface area is 113 Å². The molecule has 0 spiro atoms. The molecule has 5 heteroatoms. The van der Waals surface area contributed by atoms with Crippen LogP contribution in [0.3, 0.4) is 0 Å². The summed E-state index contributed by atoms with van der Waals surface area (Å²) in [5.74, 6) is 0.344. The zero-order chi connectivity index (χ0) is 13.1. The molecule has 3 nitrogen and oxygen atoms in total. The van der Waals surface area contributed by atoms with Crippen molar-refractivity contribution in [1.82, 2.24) is 4.98 Å². The average Bonchev–Trinajstić information content (AvgIpc) is 2.35. The number of rotatable bonds is 3. The Morgan fingerprint density at radius 2 is 2.17 bits per heavy atom. The van der Waals surface area contributed by atoms with Crippen molar-refractivity contribution in [2.24, 2.45) is 0 Å². The van der Waals surface area contributed by atoms with Crippen molar-refractivity contribution in [3.8, 4) is 0 Å². The molecule has 18 heavy (non-hydrogen) atoms. The standard InChI is InChI=1S/C13H13ClN2OS/c1-9-3-2-6-16-12(9)8-18(17)13-7-10(14)4-5-11(13)15/h2-7H,8,15H2,1H3. The molecule has 0 radical (unpaired) electrons. The van der Waals surface area contributed by atoms with Crippen LogP contribution in [0, 0.1) is 6.92 Å². The van der Waals surface area contributed by atoms with E-state index in [1.807, 2.05) is 19.1 Å². The molecule has 1 aromatic heterocycles. The monoisotopic (exact) mass is 280 g/mol. The minimum Gasteiger partial charge on any atom is -0.398 e. The number of aromatic nitrogens is 1. The molecular formula is C13H13ClN2OS. The van der Waals surface area contributed by atoms with Crippen molar-refractivity contribution in [2.45, 2.75) is 17.6 Å². The highest BCUT2D eigenvalue weighted by molar-refractivity contribution is 7.84. The second-order valence-electron chi connectivity index (χ2n) is 3.94. The van der Waals surface area contributed by atoms with Crippen LogP contribution in [-0.4, -0.2) is 9.19 Å². The van der Waals surface area contributed by atoms with Crippen LogP contribution in [0.1, 0.15) is 11.3 Å². The second-order valence-corrected chi connectivity index (χ2v) is 5.79. The Morgan fingerprint density at radius 3 is 2.89 bits per heavy atom. The number of nitrogens with two attached hydrogens (primary N) is 1. The zero-order valence-electron chi connectivity index (χ0n) is 9.89. The summed E-state index contributed by atoms with van der Waals surface area (Å²) in [7, 11) is -1.24. The number of benzene rings is 1. The van der Waals surface area contributed by atoms with Gasteiger partial charge >= 0.3 is 0 Å². The Morgan fingerprint density at radius 1 is 1.39 bits per heavy atom. The predicted octanol–water partition coefficient (Wildman–Crippen LogP) is 2.93. The highest BCUT2D eigenvalue weighted by atomic mass is 35.5. The fraction of sp³-hybridized carbons (Fsp3) is 0.154. The number of aryl methyl sites for hydroxylation is 1. The average molecular weight is 281 g/mol. The van der Waals surface area contributed by atoms with Gasteiger partial charge in [-0.3, -0.25) is 9.19 Å². The summed E-state index contributed by atoms with van der Waals surface area (Å²) >= 11 is 5.89. The lowest BCUT2D eigenvalue weighted by Crippen LogP contribution is -2.03. The fourth-order valence-electron chi connectivity index (χ4n) is 1.58. The minimum absolute atomic E-state index is 0.344. The van der Waals surface area contributed by atoms with Crippen molar-refractivity contribution in [1.29, 1.82) is 0 Å². The van der Waals surface area contributed by atoms with E-state index in [1.165, 1.54) is 0 Å². The second kappa shape index (κ2) is 5.50. The largest absolute Gasteiger partial charge is 0.398 e. The van der Waals surface area contributed by atoms with Gasteiger partial charge in [0, 0.05) is 16.9 Å². The van der Waals surface area contributed by atoms with Crippen LogP contribution in [0.4, 0.5) is 5.69 Å². The number of anilines is 1. The van der Waals surface area contributed by atoms with Gasteiger partial charge in [-0.05, 0) is 36.8 Å². The summed E-state index contributed by atoms with van der Waals surface area (Å²) in [5, 5.41) is 0.533. The van der Waals surface area contributed by atoms with E-state index in [2.05, 4.69) is 4.98 Å². The zero-order valence-corrected chi connectivity index (χ0v) is 11.5. The molecule has 0 fully saturated rings. The van der Waals surface area contributed by atoms with E-state index >= 15 is 0 Å². The van der Waals surface area contributed by atoms with Crippen LogP contribution in [0.25, 0.3) is 0 Å². The molecule has 0 bridgehead atoms. The summed E-state index contributed by atoms with van der Waals surface area (Å²) < 4.78 is 12.3. The lowest BCUT2D eigenvalue weighted by atomic mass is 10.2. The number of nitrogen functional groups attached to an aromatic ring is 1. The summed E-state index contributed by atoms with van der Waals surface area (Å²) in [4.78, 5) is 4.79. The van der Waals surface area contributed by atoms with E-state index in [0.29, 0.717) is 21.4 Å². The van der Waals surface area contributed by atoms with Gasteiger partial charge in [0.15, 0.2) is 0 Å². The van der Waals surface area contributed by atoms with Gasteiger partial charge in [-0.15, -0.1) is 0 Å². The van der Waals surface area contributed by atoms with Gasteiger partial charge in [-0.2, -0.15) is 0 Å². The Kier molecular flexibility index (Phi) is 3.99. The quantitative estimate of drug-likeness (QED) is 0.880. The lowest BCUT2D eigenvalue weighted by molar-refractivity contribution is 0.682. The smallest absolute Gasteiger partial charge is 0.0709 e. The summed E-state index contributed by atoms with van der Waals surface area (Å²) in [6.07, 6.45) is 1.70. The third kappa shape index (κ3) is 2.89. The molecular weight excluding hydrogens is 268 g/mol. The van der Waals surface area contributed by atoms with E-state index in [-0.39, 0.29) is 0 Å². The van der Waals surface area contributed by atoms with E-state index in [9.17, 15) is 4.21 Å². The molecule has 2 N–H and O–H groups in total. The first kappa shape index (κ1) is 13.1. The summed E-state index contributed by atoms with van der Waals surface area (Å²) in [6, 6.07) is 8.80. The van der Waals surface area contributed by atoms with Crippen molar-refractivity contribution in [2.75, 3.05) is 5.73 Å². The van der Waals surface area contributed by atoms with Crippen LogP contribution in [0.15, 0.2) is 41.4 Å². The molecule has 1 heterocycles. The molecule has 2 aromatic rings. The van der Waals surface area contributed by atoms with Gasteiger partial charge in [0.25, 0.3) is 0 Å². The molecule has 2 rings (SSSR count). The van der Waals surface area contributed by atoms with Gasteiger partial charge in [0.2, 0.25) is 0 Å². The van der Waals surface area contributed by atoms with Gasteiger partial charge in [-0.25, -0.2) is 0 Å². The van der Waals surface area contributed by atoms with E-state index in [4.69, 9.17) is 17.3 Å². The minimum atomic E-state index is -1.24. The molecule has 0 saturated heterocycles. The molecule has 1 atom stereocenters. The molecule has 1 aromatic carbocycles. The van der Waals surface area contributed by atoms with Gasteiger partial charge in [0.05, 0.1) is 27.1 Å². The van der Waals surface area contributed by atoms with Crippen LogP contribution in [-0.2, 0) is 16.6 Å². The van der Waals surface area contributed by atoms with Gasteiger partial charge < -0.3 is 5.73 Å². The molecule has 0 aliphatic carbocycles. The maximum Gasteiger partial charge on any atom is 0.0709 e. The van der Waals surface area contributed by atoms with Crippen LogP contribution in [0.2, 0.25) is 5.02 Å². The first-order chi connectivity index (χ1) is 8.58. The first-order valence-corrected chi connectivity index (χ1v) is 7.11. The third-order valence-corrected chi connectivity index (χ3v) is 4.22. The SMILES string of the molecule is Cc1cccnc1CS(=O)c1cc(Cl)ccc1N. The van der Waals surface area contributed by atoms with Gasteiger partial charge in [-0.1, -0.05) is 17.7 Å². The fourth-order valence-corrected chi connectivity index (χ4v) is 3.11. The molecule has 0 amide bonds. The number of hydrogen-bond acceptors (Lipinski definition) is 3. The summed E-state index contributed by atoms with van der Waals surface area (Å²) in [5.41, 5.74) is 8.14. The maximum atomic E-state index is 12.3. The Balaban J connectivity index is 2.28. The lowest BCUT2D eigenvalue weighted by Gasteiger charge is -2.07. The third-order valence-electron chi connectivity index (χ3n) is 2.61. The number of halogens is 1. The van der Waals surface area contributed by atoms with E-state index in [1.54, 1.807) is 24.4 Å². The van der Waals surface area contributed by atoms with Crippen LogP contribution < -0.4 is 5.73 Å². The Hall–Kier alpha value is -1.39. The molecule has 94 valence electrons. The van der Waals surface area contributed by atoms with Crippen LogP contribution in [0.5, 0.6) is 0 Å². The number of hydrogen-bond donors (Lipinski definition) is 1. The van der Waals surface area contributed by atoms with Crippen molar-refractivity contribution >= 4 is 28.1 Å². The Bertz CT molecular complexity index is 601. The number of nitrogens with zero attached hydrogens (tertiary/aromatic N) is 1. The van der Waals surface area contributed by atoms with E-state index < -0.39 is 10.8 Å². The van der Waals surface area contributed by atoms with Gasteiger partial charge in [0.1, 0.15) is 0 Å². The highest BCUT2D eigenvalue weighted by Crippen LogP contribution is 2.23. The molecule has 0 saturated carbocycles. The molecule has 0 aliphatic heterocycles. The molecule has 0 aliphatic rings. The summed E-state index contributed by atoms with van der Waals surface area (Å²) in [6.45, 7) is 1.95. The number of pyridine rings is 1. The maximum absolute atomic E-state index is 12.3. The highest BCUT2D eigenvalue weighted by Gasteiger charge is 2.11. The van der Waals surface area contributed by atoms with Crippen molar-refractivity contribution < 1.29 is 4.21 Å². The van der Waals surface area contributed by atoms with Crippen LogP contribution >= 0.6 is 11.6 Å². The van der Waals surface area contributed by atoms with Crippen molar-refractivity contribution in [3.05, 3.63) is 52.8 Å². The van der Waals surface area contributed by atoms with E-state index in [0.717, 1.165) is 11.3 Å². The molecule has 1 unspecified atom stereocenters.